The van der Waals surface area contributed by atoms with E-state index in [2.05, 4.69) is 35.6 Å². The smallest absolute Gasteiger partial charge is 0.122 e. The van der Waals surface area contributed by atoms with Crippen molar-refractivity contribution in [3.63, 3.8) is 0 Å². The van der Waals surface area contributed by atoms with E-state index in [9.17, 15) is 0 Å². The van der Waals surface area contributed by atoms with E-state index >= 15 is 0 Å². The molecule has 0 bridgehead atoms. The van der Waals surface area contributed by atoms with E-state index < -0.39 is 5.60 Å². The molecule has 4 rings (SSSR count). The second-order valence-corrected chi connectivity index (χ2v) is 8.21. The second-order valence-electron chi connectivity index (χ2n) is 7.78. The van der Waals surface area contributed by atoms with Crippen LogP contribution in [0.3, 0.4) is 0 Å². The third-order valence-corrected chi connectivity index (χ3v) is 6.03. The maximum absolute atomic E-state index is 6.72. The Balaban J connectivity index is 1.61. The van der Waals surface area contributed by atoms with Gasteiger partial charge in [-0.15, -0.1) is 0 Å². The first-order chi connectivity index (χ1) is 15.2. The molecule has 0 aliphatic carbocycles. The number of hydrogen-bond donors (Lipinski definition) is 1. The highest BCUT2D eigenvalue weighted by Crippen LogP contribution is 2.38. The van der Waals surface area contributed by atoms with Crippen LogP contribution in [-0.2, 0) is 28.3 Å². The fourth-order valence-electron chi connectivity index (χ4n) is 4.08. The highest BCUT2D eigenvalue weighted by atomic mass is 35.5. The molecule has 0 unspecified atom stereocenters. The molecule has 0 spiro atoms. The lowest BCUT2D eigenvalue weighted by molar-refractivity contribution is -0.176. The molecule has 162 valence electrons. The van der Waals surface area contributed by atoms with Crippen LogP contribution < -0.4 is 10.1 Å². The SMILES string of the molecule is COc1cccc(CO[C@]2(c3ccc(Cl)cc3)CCNC[C@@H]2OCc2ccccc2)c1. The number of ether oxygens (including phenoxy) is 3. The third-order valence-electron chi connectivity index (χ3n) is 5.78. The Labute approximate surface area is 189 Å². The molecule has 31 heavy (non-hydrogen) atoms. The van der Waals surface area contributed by atoms with E-state index in [-0.39, 0.29) is 6.10 Å². The van der Waals surface area contributed by atoms with Gasteiger partial charge in [0.1, 0.15) is 17.5 Å². The molecule has 1 heterocycles. The van der Waals surface area contributed by atoms with E-state index in [0.717, 1.165) is 35.4 Å². The molecular formula is C26H28ClNO3. The van der Waals surface area contributed by atoms with Crippen molar-refractivity contribution in [2.75, 3.05) is 20.2 Å². The Morgan fingerprint density at radius 2 is 1.71 bits per heavy atom. The summed E-state index contributed by atoms with van der Waals surface area (Å²) in [6.07, 6.45) is 0.658. The van der Waals surface area contributed by atoms with E-state index in [1.807, 2.05) is 48.5 Å². The van der Waals surface area contributed by atoms with Crippen molar-refractivity contribution in [1.82, 2.24) is 5.32 Å². The van der Waals surface area contributed by atoms with Crippen molar-refractivity contribution in [2.24, 2.45) is 0 Å². The van der Waals surface area contributed by atoms with Crippen LogP contribution in [0.15, 0.2) is 78.9 Å². The minimum absolute atomic E-state index is 0.145. The lowest BCUT2D eigenvalue weighted by Crippen LogP contribution is -2.54. The van der Waals surface area contributed by atoms with E-state index in [1.165, 1.54) is 0 Å². The molecule has 0 saturated carbocycles. The van der Waals surface area contributed by atoms with Crippen molar-refractivity contribution in [3.05, 3.63) is 101 Å². The summed E-state index contributed by atoms with van der Waals surface area (Å²) in [4.78, 5) is 0. The Hall–Kier alpha value is -2.37. The number of hydrogen-bond acceptors (Lipinski definition) is 4. The molecule has 4 nitrogen and oxygen atoms in total. The Kier molecular flexibility index (Phi) is 7.25. The summed E-state index contributed by atoms with van der Waals surface area (Å²) in [5.41, 5.74) is 2.71. The molecule has 3 aromatic carbocycles. The minimum Gasteiger partial charge on any atom is -0.497 e. The molecular weight excluding hydrogens is 410 g/mol. The monoisotopic (exact) mass is 437 g/mol. The molecule has 2 atom stereocenters. The second kappa shape index (κ2) is 10.3. The third kappa shape index (κ3) is 5.28. The molecule has 0 radical (unpaired) electrons. The molecule has 5 heteroatoms. The van der Waals surface area contributed by atoms with Gasteiger partial charge in [-0.05, 0) is 53.9 Å². The lowest BCUT2D eigenvalue weighted by atomic mass is 9.82. The van der Waals surface area contributed by atoms with Crippen LogP contribution >= 0.6 is 11.6 Å². The van der Waals surface area contributed by atoms with Crippen LogP contribution in [0.25, 0.3) is 0 Å². The topological polar surface area (TPSA) is 39.7 Å². The van der Waals surface area contributed by atoms with Gasteiger partial charge in [-0.25, -0.2) is 0 Å². The van der Waals surface area contributed by atoms with Crippen molar-refractivity contribution in [1.29, 1.82) is 0 Å². The molecule has 1 N–H and O–H groups in total. The van der Waals surface area contributed by atoms with E-state index in [1.54, 1.807) is 7.11 Å². The standard InChI is InChI=1S/C26H28ClNO3/c1-29-24-9-5-8-21(16-24)19-31-26(22-10-12-23(27)13-11-22)14-15-28-17-25(26)30-18-20-6-3-2-4-7-20/h2-13,16,25,28H,14-15,17-19H2,1H3/t25-,26-/m0/s1. The van der Waals surface area contributed by atoms with Gasteiger partial charge in [0.15, 0.2) is 0 Å². The normalized spacial score (nSPS) is 21.0. The summed E-state index contributed by atoms with van der Waals surface area (Å²) in [6.45, 7) is 2.57. The van der Waals surface area contributed by atoms with Gasteiger partial charge >= 0.3 is 0 Å². The van der Waals surface area contributed by atoms with Gasteiger partial charge in [0.25, 0.3) is 0 Å². The van der Waals surface area contributed by atoms with Crippen molar-refractivity contribution in [3.8, 4) is 5.75 Å². The fraction of sp³-hybridized carbons (Fsp3) is 0.308. The Bertz CT molecular complexity index is 964. The molecule has 0 amide bonds. The summed E-state index contributed by atoms with van der Waals surface area (Å²) in [6, 6.07) is 26.2. The molecule has 3 aromatic rings. The number of methoxy groups -OCH3 is 1. The van der Waals surface area contributed by atoms with Gasteiger partial charge in [0, 0.05) is 11.6 Å². The van der Waals surface area contributed by atoms with Gasteiger partial charge in [0.2, 0.25) is 0 Å². The number of nitrogens with one attached hydrogen (secondary N) is 1. The first-order valence-electron chi connectivity index (χ1n) is 10.6. The number of rotatable bonds is 8. The van der Waals surface area contributed by atoms with E-state index in [0.29, 0.717) is 24.8 Å². The maximum Gasteiger partial charge on any atom is 0.122 e. The summed E-state index contributed by atoms with van der Waals surface area (Å²) in [7, 11) is 1.68. The fourth-order valence-corrected chi connectivity index (χ4v) is 4.21. The van der Waals surface area contributed by atoms with Crippen LogP contribution in [0.4, 0.5) is 0 Å². The molecule has 1 aliphatic rings. The van der Waals surface area contributed by atoms with Crippen LogP contribution in [0.2, 0.25) is 5.02 Å². The zero-order chi connectivity index (χ0) is 21.5. The average Bonchev–Trinajstić information content (AvgIpc) is 2.83. The summed E-state index contributed by atoms with van der Waals surface area (Å²) in [5, 5.41) is 4.18. The first kappa shape index (κ1) is 21.8. The van der Waals surface area contributed by atoms with Crippen LogP contribution in [0.5, 0.6) is 5.75 Å². The predicted molar refractivity (Wildman–Crippen MR) is 123 cm³/mol. The summed E-state index contributed by atoms with van der Waals surface area (Å²) in [5.74, 6) is 0.823. The summed E-state index contributed by atoms with van der Waals surface area (Å²) >= 11 is 6.18. The van der Waals surface area contributed by atoms with Crippen molar-refractivity contribution >= 4 is 11.6 Å². The van der Waals surface area contributed by atoms with Gasteiger partial charge in [-0.3, -0.25) is 0 Å². The largest absolute Gasteiger partial charge is 0.497 e. The lowest BCUT2D eigenvalue weighted by Gasteiger charge is -2.44. The van der Waals surface area contributed by atoms with Crippen molar-refractivity contribution < 1.29 is 14.2 Å². The van der Waals surface area contributed by atoms with Gasteiger partial charge in [-0.1, -0.05) is 66.2 Å². The predicted octanol–water partition coefficient (Wildman–Crippen LogP) is 5.34. The Morgan fingerprint density at radius 3 is 2.48 bits per heavy atom. The average molecular weight is 438 g/mol. The zero-order valence-corrected chi connectivity index (χ0v) is 18.5. The highest BCUT2D eigenvalue weighted by molar-refractivity contribution is 6.30. The zero-order valence-electron chi connectivity index (χ0n) is 17.7. The van der Waals surface area contributed by atoms with Crippen molar-refractivity contribution in [2.45, 2.75) is 31.3 Å². The number of halogens is 1. The van der Waals surface area contributed by atoms with Crippen LogP contribution in [0, 0.1) is 0 Å². The number of piperidine rings is 1. The molecule has 1 fully saturated rings. The Morgan fingerprint density at radius 1 is 0.935 bits per heavy atom. The summed E-state index contributed by atoms with van der Waals surface area (Å²) < 4.78 is 18.6. The number of benzene rings is 3. The molecule has 0 aromatic heterocycles. The van der Waals surface area contributed by atoms with Crippen LogP contribution in [0.1, 0.15) is 23.1 Å². The van der Waals surface area contributed by atoms with Gasteiger partial charge < -0.3 is 19.5 Å². The molecule has 1 aliphatic heterocycles. The van der Waals surface area contributed by atoms with Gasteiger partial charge in [0.05, 0.1) is 20.3 Å². The highest BCUT2D eigenvalue weighted by Gasteiger charge is 2.44. The van der Waals surface area contributed by atoms with Gasteiger partial charge in [-0.2, -0.15) is 0 Å². The maximum atomic E-state index is 6.72. The molecule has 1 saturated heterocycles. The quantitative estimate of drug-likeness (QED) is 0.516. The van der Waals surface area contributed by atoms with E-state index in [4.69, 9.17) is 25.8 Å². The van der Waals surface area contributed by atoms with Crippen LogP contribution in [-0.4, -0.2) is 26.3 Å². The minimum atomic E-state index is -0.576. The first-order valence-corrected chi connectivity index (χ1v) is 11.0.